The van der Waals surface area contributed by atoms with Crippen molar-refractivity contribution in [2.24, 2.45) is 23.2 Å². The van der Waals surface area contributed by atoms with Crippen molar-refractivity contribution in [3.8, 4) is 11.5 Å². The summed E-state index contributed by atoms with van der Waals surface area (Å²) in [5, 5.41) is 9.39. The van der Waals surface area contributed by atoms with Crippen molar-refractivity contribution in [3.05, 3.63) is 95.1 Å². The van der Waals surface area contributed by atoms with Crippen LogP contribution >= 0.6 is 0 Å². The van der Waals surface area contributed by atoms with Crippen LogP contribution in [0.1, 0.15) is 76.8 Å². The summed E-state index contributed by atoms with van der Waals surface area (Å²) < 4.78 is 5.91. The van der Waals surface area contributed by atoms with Gasteiger partial charge in [-0.25, -0.2) is 4.79 Å². The summed E-state index contributed by atoms with van der Waals surface area (Å²) in [7, 11) is 0. The summed E-state index contributed by atoms with van der Waals surface area (Å²) in [6, 6.07) is 23.0. The van der Waals surface area contributed by atoms with Crippen LogP contribution in [0.5, 0.6) is 11.5 Å². The molecule has 36 heavy (non-hydrogen) atoms. The molecule has 2 saturated carbocycles. The Morgan fingerprint density at radius 2 is 1.58 bits per heavy atom. The smallest absolute Gasteiger partial charge is 0.335 e. The summed E-state index contributed by atoms with van der Waals surface area (Å²) >= 11 is 0. The minimum Gasteiger partial charge on any atom is -0.478 e. The average Bonchev–Trinajstić information content (AvgIpc) is 3.26. The van der Waals surface area contributed by atoms with Gasteiger partial charge in [0.25, 0.3) is 0 Å². The van der Waals surface area contributed by atoms with Crippen LogP contribution in [0.25, 0.3) is 0 Å². The molecule has 4 heteroatoms. The lowest BCUT2D eigenvalue weighted by molar-refractivity contribution is 0.0276. The van der Waals surface area contributed by atoms with Gasteiger partial charge in [0.15, 0.2) is 5.78 Å². The zero-order chi connectivity index (χ0) is 24.9. The van der Waals surface area contributed by atoms with Crippen molar-refractivity contribution in [2.75, 3.05) is 0 Å². The highest BCUT2D eigenvalue weighted by Gasteiger charge is 2.56. The molecule has 0 unspecified atom stereocenters. The number of Topliss-reactive ketones (excluding diaryl/α,β-unsaturated/α-hetero) is 1. The molecule has 3 aromatic rings. The normalized spacial score (nSPS) is 28.5. The fraction of sp³-hybridized carbons (Fsp3) is 0.375. The highest BCUT2D eigenvalue weighted by atomic mass is 16.5. The van der Waals surface area contributed by atoms with Gasteiger partial charge in [0.05, 0.1) is 5.56 Å². The molecule has 0 bridgehead atoms. The number of aromatic carboxylic acids is 1. The molecule has 3 aliphatic carbocycles. The number of ketones is 1. The summed E-state index contributed by atoms with van der Waals surface area (Å²) in [4.78, 5) is 25.2. The molecule has 0 heterocycles. The molecular formula is C32H32O4. The van der Waals surface area contributed by atoms with Gasteiger partial charge >= 0.3 is 5.97 Å². The number of rotatable bonds is 5. The van der Waals surface area contributed by atoms with E-state index in [-0.39, 0.29) is 17.1 Å². The van der Waals surface area contributed by atoms with E-state index in [0.717, 1.165) is 55.6 Å². The van der Waals surface area contributed by atoms with E-state index in [2.05, 4.69) is 13.0 Å². The number of benzene rings is 3. The molecule has 1 N–H and O–H groups in total. The highest BCUT2D eigenvalue weighted by Crippen LogP contribution is 2.63. The minimum absolute atomic E-state index is 0.0238. The Morgan fingerprint density at radius 3 is 2.33 bits per heavy atom. The second-order valence-corrected chi connectivity index (χ2v) is 11.1. The maximum atomic E-state index is 13.7. The molecule has 2 fully saturated rings. The number of aryl methyl sites for hydroxylation is 1. The third-order valence-electron chi connectivity index (χ3n) is 9.41. The van der Waals surface area contributed by atoms with E-state index in [0.29, 0.717) is 23.3 Å². The lowest BCUT2D eigenvalue weighted by Gasteiger charge is -2.50. The molecule has 184 valence electrons. The molecule has 6 rings (SSSR count). The summed E-state index contributed by atoms with van der Waals surface area (Å²) in [5.74, 6) is 2.59. The first-order valence-corrected chi connectivity index (χ1v) is 13.2. The molecule has 3 aliphatic rings. The third-order valence-corrected chi connectivity index (χ3v) is 9.41. The van der Waals surface area contributed by atoms with Crippen molar-refractivity contribution in [3.63, 3.8) is 0 Å². The average molecular weight is 481 g/mol. The second kappa shape index (κ2) is 8.92. The minimum atomic E-state index is -0.854. The third kappa shape index (κ3) is 3.84. The molecule has 0 aliphatic heterocycles. The van der Waals surface area contributed by atoms with Crippen LogP contribution in [0.4, 0.5) is 0 Å². The number of carboxylic acid groups (broad SMARTS) is 1. The largest absolute Gasteiger partial charge is 0.478 e. The first kappa shape index (κ1) is 23.0. The predicted molar refractivity (Wildman–Crippen MR) is 139 cm³/mol. The maximum absolute atomic E-state index is 13.7. The first-order chi connectivity index (χ1) is 17.4. The number of hydrogen-bond donors (Lipinski definition) is 1. The molecule has 0 amide bonds. The summed E-state index contributed by atoms with van der Waals surface area (Å²) in [5.41, 5.74) is 3.75. The van der Waals surface area contributed by atoms with Gasteiger partial charge in [-0.3, -0.25) is 4.79 Å². The van der Waals surface area contributed by atoms with E-state index in [9.17, 15) is 14.7 Å². The fourth-order valence-corrected chi connectivity index (χ4v) is 7.66. The van der Waals surface area contributed by atoms with Crippen LogP contribution in [0.15, 0.2) is 72.8 Å². The van der Waals surface area contributed by atoms with E-state index in [1.807, 2.05) is 60.7 Å². The molecule has 0 spiro atoms. The Morgan fingerprint density at radius 1 is 0.861 bits per heavy atom. The van der Waals surface area contributed by atoms with Crippen molar-refractivity contribution in [1.29, 1.82) is 0 Å². The fourth-order valence-electron chi connectivity index (χ4n) is 7.66. The van der Waals surface area contributed by atoms with Crippen LogP contribution in [-0.4, -0.2) is 16.9 Å². The Bertz CT molecular complexity index is 1300. The number of carbonyl (C=O) groups excluding carboxylic acids is 1. The number of carboxylic acids is 1. The van der Waals surface area contributed by atoms with E-state index >= 15 is 0 Å². The van der Waals surface area contributed by atoms with Gasteiger partial charge in [-0.2, -0.15) is 0 Å². The molecule has 4 nitrogen and oxygen atoms in total. The number of ether oxygens (including phenoxy) is 1. The topological polar surface area (TPSA) is 63.6 Å². The van der Waals surface area contributed by atoms with E-state index in [1.165, 1.54) is 11.1 Å². The Balaban J connectivity index is 1.19. The quantitative estimate of drug-likeness (QED) is 0.383. The first-order valence-electron chi connectivity index (χ1n) is 13.2. The monoisotopic (exact) mass is 480 g/mol. The Labute approximate surface area is 212 Å². The van der Waals surface area contributed by atoms with Gasteiger partial charge in [-0.1, -0.05) is 31.2 Å². The van der Waals surface area contributed by atoms with Crippen LogP contribution in [-0.2, 0) is 6.42 Å². The van der Waals surface area contributed by atoms with Crippen molar-refractivity contribution >= 4 is 11.8 Å². The molecule has 0 saturated heterocycles. The predicted octanol–water partition coefficient (Wildman–Crippen LogP) is 7.53. The molecule has 0 aromatic heterocycles. The van der Waals surface area contributed by atoms with Crippen molar-refractivity contribution < 1.29 is 19.4 Å². The van der Waals surface area contributed by atoms with Crippen molar-refractivity contribution in [2.45, 2.75) is 51.4 Å². The van der Waals surface area contributed by atoms with E-state index in [4.69, 9.17) is 4.74 Å². The molecule has 5 atom stereocenters. The summed E-state index contributed by atoms with van der Waals surface area (Å²) in [6.45, 7) is 2.36. The van der Waals surface area contributed by atoms with Gasteiger partial charge in [0.2, 0.25) is 0 Å². The molecule has 3 aromatic carbocycles. The van der Waals surface area contributed by atoms with Crippen LogP contribution in [0.2, 0.25) is 0 Å². The van der Waals surface area contributed by atoms with Gasteiger partial charge in [-0.15, -0.1) is 0 Å². The number of carbonyl (C=O) groups is 2. The zero-order valence-corrected chi connectivity index (χ0v) is 20.7. The van der Waals surface area contributed by atoms with E-state index in [1.54, 1.807) is 6.07 Å². The Kier molecular flexibility index (Phi) is 5.70. The Hall–Kier alpha value is -3.40. The zero-order valence-electron chi connectivity index (χ0n) is 20.7. The van der Waals surface area contributed by atoms with E-state index < -0.39 is 5.97 Å². The highest BCUT2D eigenvalue weighted by molar-refractivity contribution is 5.98. The lowest BCUT2D eigenvalue weighted by Crippen LogP contribution is -2.44. The second-order valence-electron chi connectivity index (χ2n) is 11.1. The van der Waals surface area contributed by atoms with Gasteiger partial charge in [0, 0.05) is 11.5 Å². The van der Waals surface area contributed by atoms with Gasteiger partial charge in [-0.05, 0) is 121 Å². The number of hydrogen-bond acceptors (Lipinski definition) is 3. The van der Waals surface area contributed by atoms with Crippen LogP contribution < -0.4 is 4.74 Å². The SMILES string of the molecule is C[C@]12CC[C@@H]3c4ccc(C(=O)O)cc4CC[C@H]3[C@@H]1CC[C@@H]2C(=O)c1ccc(Oc2ccccc2)cc1. The van der Waals surface area contributed by atoms with Gasteiger partial charge in [0.1, 0.15) is 11.5 Å². The number of fused-ring (bicyclic) bond motifs is 5. The molecular weight excluding hydrogens is 448 g/mol. The number of para-hydroxylation sites is 1. The lowest BCUT2D eigenvalue weighted by atomic mass is 9.53. The van der Waals surface area contributed by atoms with Crippen molar-refractivity contribution in [1.82, 2.24) is 0 Å². The molecule has 0 radical (unpaired) electrons. The maximum Gasteiger partial charge on any atom is 0.335 e. The standard InChI is InChI=1S/C32H32O4/c1-32-18-17-26-25-13-10-22(31(34)35)19-21(25)9-14-27(26)28(32)15-16-29(32)30(33)20-7-11-24(12-8-20)36-23-5-3-2-4-6-23/h2-8,10-13,19,26-29H,9,14-18H2,1H3,(H,34,35)/t26-,27-,28+,29-,32+/m1/s1. The van der Waals surface area contributed by atoms with Crippen LogP contribution in [0.3, 0.4) is 0 Å². The van der Waals surface area contributed by atoms with Gasteiger partial charge < -0.3 is 9.84 Å². The van der Waals surface area contributed by atoms with Crippen LogP contribution in [0, 0.1) is 23.2 Å². The summed E-state index contributed by atoms with van der Waals surface area (Å²) in [6.07, 6.45) is 6.20.